The van der Waals surface area contributed by atoms with Crippen molar-refractivity contribution in [1.82, 2.24) is 4.57 Å². The van der Waals surface area contributed by atoms with Crippen LogP contribution < -0.4 is 5.73 Å². The molecule has 4 heteroatoms. The molecule has 0 spiro atoms. The highest BCUT2D eigenvalue weighted by Crippen LogP contribution is 2.13. The summed E-state index contributed by atoms with van der Waals surface area (Å²) < 4.78 is 1.75. The minimum Gasteiger partial charge on any atom is -0.324 e. The Bertz CT molecular complexity index is 541. The van der Waals surface area contributed by atoms with Gasteiger partial charge < -0.3 is 10.3 Å². The number of hydrogen-bond donors (Lipinski definition) is 1. The molecule has 0 amide bonds. The lowest BCUT2D eigenvalue weighted by molar-refractivity contribution is 0.100. The fourth-order valence-corrected chi connectivity index (χ4v) is 1.65. The van der Waals surface area contributed by atoms with E-state index in [9.17, 15) is 9.59 Å². The summed E-state index contributed by atoms with van der Waals surface area (Å²) in [5, 5.41) is 0. The number of aldehydes is 1. The number of Topliss-reactive ketones (excluding diaryl/α,β-unsaturated/α-hetero) is 1. The van der Waals surface area contributed by atoms with Gasteiger partial charge in [0.15, 0.2) is 12.1 Å². The smallest absolute Gasteiger partial charge is 0.176 e. The molecule has 1 heterocycles. The number of carbonyl (C=O) groups is 2. The lowest BCUT2D eigenvalue weighted by atomic mass is 10.1. The molecule has 1 aromatic carbocycles. The number of ketones is 1. The molecule has 4 nitrogen and oxygen atoms in total. The number of aromatic nitrogens is 1. The van der Waals surface area contributed by atoms with E-state index in [0.717, 1.165) is 12.0 Å². The first-order valence-electron chi connectivity index (χ1n) is 5.22. The van der Waals surface area contributed by atoms with Gasteiger partial charge in [-0.15, -0.1) is 0 Å². The van der Waals surface area contributed by atoms with Gasteiger partial charge in [0.25, 0.3) is 0 Å². The van der Waals surface area contributed by atoms with Gasteiger partial charge in [-0.2, -0.15) is 0 Å². The molecule has 86 valence electrons. The molecule has 0 bridgehead atoms. The average molecular weight is 228 g/mol. The van der Waals surface area contributed by atoms with Crippen molar-refractivity contribution in [3.63, 3.8) is 0 Å². The maximum Gasteiger partial charge on any atom is 0.176 e. The summed E-state index contributed by atoms with van der Waals surface area (Å²) in [5.41, 5.74) is 7.27. The van der Waals surface area contributed by atoms with Gasteiger partial charge in [0.2, 0.25) is 0 Å². The average Bonchev–Trinajstić information content (AvgIpc) is 2.86. The molecule has 0 unspecified atom stereocenters. The fourth-order valence-electron chi connectivity index (χ4n) is 1.65. The molecule has 0 saturated carbocycles. The number of nitrogens with two attached hydrogens (primary N) is 1. The van der Waals surface area contributed by atoms with Gasteiger partial charge in [-0.1, -0.05) is 0 Å². The first-order chi connectivity index (χ1) is 8.26. The van der Waals surface area contributed by atoms with Crippen LogP contribution in [0.15, 0.2) is 42.6 Å². The van der Waals surface area contributed by atoms with Crippen LogP contribution >= 0.6 is 0 Å². The van der Waals surface area contributed by atoms with Crippen LogP contribution in [0.4, 0.5) is 0 Å². The Morgan fingerprint density at radius 1 is 1.24 bits per heavy atom. The van der Waals surface area contributed by atoms with Gasteiger partial charge in [-0.25, -0.2) is 0 Å². The highest BCUT2D eigenvalue weighted by molar-refractivity contribution is 5.97. The molecule has 0 atom stereocenters. The maximum atomic E-state index is 11.3. The largest absolute Gasteiger partial charge is 0.324 e. The molecule has 2 aromatic rings. The lowest BCUT2D eigenvalue weighted by Gasteiger charge is -2.06. The van der Waals surface area contributed by atoms with Crippen LogP contribution in [0.3, 0.4) is 0 Å². The normalized spacial score (nSPS) is 10.2. The van der Waals surface area contributed by atoms with Crippen LogP contribution in [-0.4, -0.2) is 23.2 Å². The molecule has 2 rings (SSSR count). The lowest BCUT2D eigenvalue weighted by Crippen LogP contribution is -2.13. The monoisotopic (exact) mass is 228 g/mol. The minimum atomic E-state index is -0.0975. The van der Waals surface area contributed by atoms with Gasteiger partial charge in [0.05, 0.1) is 12.2 Å². The molecule has 0 aliphatic heterocycles. The third-order valence-corrected chi connectivity index (χ3v) is 2.55. The summed E-state index contributed by atoms with van der Waals surface area (Å²) in [7, 11) is 0. The van der Waals surface area contributed by atoms with Crippen molar-refractivity contribution in [1.29, 1.82) is 0 Å². The third-order valence-electron chi connectivity index (χ3n) is 2.55. The van der Waals surface area contributed by atoms with E-state index < -0.39 is 0 Å². The zero-order valence-electron chi connectivity index (χ0n) is 9.17. The SMILES string of the molecule is NCC(=O)c1ccc(-n2cccc2C=O)cc1. The predicted molar refractivity (Wildman–Crippen MR) is 64.5 cm³/mol. The van der Waals surface area contributed by atoms with E-state index in [4.69, 9.17) is 5.73 Å². The molecular weight excluding hydrogens is 216 g/mol. The van der Waals surface area contributed by atoms with Crippen molar-refractivity contribution in [3.05, 3.63) is 53.9 Å². The van der Waals surface area contributed by atoms with Crippen LogP contribution in [0.1, 0.15) is 20.8 Å². The Hall–Kier alpha value is -2.20. The van der Waals surface area contributed by atoms with E-state index in [2.05, 4.69) is 0 Å². The van der Waals surface area contributed by atoms with Gasteiger partial charge >= 0.3 is 0 Å². The van der Waals surface area contributed by atoms with Crippen molar-refractivity contribution in [2.45, 2.75) is 0 Å². The molecule has 0 saturated heterocycles. The summed E-state index contributed by atoms with van der Waals surface area (Å²) in [6.07, 6.45) is 2.59. The predicted octanol–water partition coefficient (Wildman–Crippen LogP) is 1.43. The van der Waals surface area contributed by atoms with E-state index in [-0.39, 0.29) is 12.3 Å². The van der Waals surface area contributed by atoms with Gasteiger partial charge in [-0.3, -0.25) is 9.59 Å². The first kappa shape index (κ1) is 11.3. The highest BCUT2D eigenvalue weighted by atomic mass is 16.1. The summed E-state index contributed by atoms with van der Waals surface area (Å²) in [5.74, 6) is -0.0975. The second kappa shape index (κ2) is 4.76. The molecular formula is C13H12N2O2. The van der Waals surface area contributed by atoms with E-state index >= 15 is 0 Å². The van der Waals surface area contributed by atoms with Crippen LogP contribution in [0.25, 0.3) is 5.69 Å². The molecule has 2 N–H and O–H groups in total. The van der Waals surface area contributed by atoms with Crippen molar-refractivity contribution in [3.8, 4) is 5.69 Å². The van der Waals surface area contributed by atoms with Gasteiger partial charge in [0.1, 0.15) is 0 Å². The standard InChI is InChI=1S/C13H12N2O2/c14-8-13(17)10-3-5-11(6-4-10)15-7-1-2-12(15)9-16/h1-7,9H,8,14H2. The second-order valence-corrected chi connectivity index (χ2v) is 3.60. The minimum absolute atomic E-state index is 0.00243. The van der Waals surface area contributed by atoms with Crippen LogP contribution in [0, 0.1) is 0 Å². The number of hydrogen-bond acceptors (Lipinski definition) is 3. The van der Waals surface area contributed by atoms with E-state index in [1.54, 1.807) is 47.2 Å². The Balaban J connectivity index is 2.36. The van der Waals surface area contributed by atoms with Crippen molar-refractivity contribution < 1.29 is 9.59 Å². The second-order valence-electron chi connectivity index (χ2n) is 3.60. The van der Waals surface area contributed by atoms with E-state index in [0.29, 0.717) is 11.3 Å². The zero-order valence-corrected chi connectivity index (χ0v) is 9.17. The summed E-state index contributed by atoms with van der Waals surface area (Å²) in [6, 6.07) is 10.5. The fraction of sp³-hybridized carbons (Fsp3) is 0.0769. The quantitative estimate of drug-likeness (QED) is 0.636. The number of benzene rings is 1. The Morgan fingerprint density at radius 3 is 2.53 bits per heavy atom. The number of rotatable bonds is 4. The molecule has 17 heavy (non-hydrogen) atoms. The summed E-state index contributed by atoms with van der Waals surface area (Å²) in [6.45, 7) is 0.00243. The topological polar surface area (TPSA) is 65.1 Å². The zero-order chi connectivity index (χ0) is 12.3. The van der Waals surface area contributed by atoms with Crippen LogP contribution in [-0.2, 0) is 0 Å². The van der Waals surface area contributed by atoms with Crippen molar-refractivity contribution in [2.24, 2.45) is 5.73 Å². The van der Waals surface area contributed by atoms with Crippen molar-refractivity contribution in [2.75, 3.05) is 6.54 Å². The number of nitrogens with zero attached hydrogens (tertiary/aromatic N) is 1. The Labute approximate surface area is 98.7 Å². The molecule has 0 radical (unpaired) electrons. The highest BCUT2D eigenvalue weighted by Gasteiger charge is 2.05. The molecule has 0 aliphatic rings. The number of carbonyl (C=O) groups excluding carboxylic acids is 2. The molecule has 0 aliphatic carbocycles. The van der Waals surface area contributed by atoms with E-state index in [1.165, 1.54) is 0 Å². The molecule has 1 aromatic heterocycles. The van der Waals surface area contributed by atoms with Gasteiger partial charge in [0, 0.05) is 17.4 Å². The first-order valence-corrected chi connectivity index (χ1v) is 5.22. The van der Waals surface area contributed by atoms with Crippen LogP contribution in [0.5, 0.6) is 0 Å². The third kappa shape index (κ3) is 2.16. The Kier molecular flexibility index (Phi) is 3.16. The maximum absolute atomic E-state index is 11.3. The van der Waals surface area contributed by atoms with E-state index in [1.807, 2.05) is 0 Å². The Morgan fingerprint density at radius 2 is 1.94 bits per heavy atom. The summed E-state index contributed by atoms with van der Waals surface area (Å²) in [4.78, 5) is 22.1. The van der Waals surface area contributed by atoms with Crippen molar-refractivity contribution >= 4 is 12.1 Å². The van der Waals surface area contributed by atoms with Gasteiger partial charge in [-0.05, 0) is 36.4 Å². The van der Waals surface area contributed by atoms with Crippen LogP contribution in [0.2, 0.25) is 0 Å². The molecule has 0 fully saturated rings. The summed E-state index contributed by atoms with van der Waals surface area (Å²) >= 11 is 0.